The third-order valence-corrected chi connectivity index (χ3v) is 3.47. The fraction of sp³-hybridized carbons (Fsp3) is 0.333. The average molecular weight is 257 g/mol. The number of hydrogen-bond acceptors (Lipinski definition) is 3. The van der Waals surface area contributed by atoms with Crippen LogP contribution in [0.4, 0.5) is 0 Å². The van der Waals surface area contributed by atoms with E-state index in [0.29, 0.717) is 11.1 Å². The second-order valence-corrected chi connectivity index (χ2v) is 4.92. The lowest BCUT2D eigenvalue weighted by Crippen LogP contribution is -2.39. The molecule has 0 aliphatic carbocycles. The minimum atomic E-state index is -0.226. The van der Waals surface area contributed by atoms with Crippen molar-refractivity contribution < 1.29 is 14.3 Å². The molecule has 4 heteroatoms. The van der Waals surface area contributed by atoms with Crippen molar-refractivity contribution in [3.8, 4) is 0 Å². The Labute approximate surface area is 111 Å². The zero-order valence-corrected chi connectivity index (χ0v) is 10.7. The molecule has 0 bridgehead atoms. The first-order valence-corrected chi connectivity index (χ1v) is 6.44. The van der Waals surface area contributed by atoms with Gasteiger partial charge in [0.2, 0.25) is 0 Å². The SMILES string of the molecule is C[C@@H]1CC=C[C@H](CN2C(=O)c3ccccc3C2=O)O1. The number of rotatable bonds is 2. The van der Waals surface area contributed by atoms with Crippen molar-refractivity contribution in [1.82, 2.24) is 4.90 Å². The summed E-state index contributed by atoms with van der Waals surface area (Å²) in [5.41, 5.74) is 0.973. The molecule has 2 amide bonds. The second kappa shape index (κ2) is 4.63. The molecular weight excluding hydrogens is 242 g/mol. The summed E-state index contributed by atoms with van der Waals surface area (Å²) in [6.07, 6.45) is 4.76. The van der Waals surface area contributed by atoms with Gasteiger partial charge in [0.15, 0.2) is 0 Å². The highest BCUT2D eigenvalue weighted by molar-refractivity contribution is 6.21. The Balaban J connectivity index is 1.81. The van der Waals surface area contributed by atoms with E-state index < -0.39 is 0 Å². The normalized spacial score (nSPS) is 25.8. The minimum Gasteiger partial charge on any atom is -0.369 e. The van der Waals surface area contributed by atoms with E-state index in [1.807, 2.05) is 19.1 Å². The maximum atomic E-state index is 12.2. The summed E-state index contributed by atoms with van der Waals surface area (Å²) in [6.45, 7) is 2.27. The molecule has 4 nitrogen and oxygen atoms in total. The van der Waals surface area contributed by atoms with Crippen LogP contribution >= 0.6 is 0 Å². The molecule has 98 valence electrons. The predicted molar refractivity (Wildman–Crippen MR) is 69.9 cm³/mol. The van der Waals surface area contributed by atoms with Gasteiger partial charge >= 0.3 is 0 Å². The highest BCUT2D eigenvalue weighted by atomic mass is 16.5. The van der Waals surface area contributed by atoms with Gasteiger partial charge in [0.1, 0.15) is 0 Å². The number of hydrogen-bond donors (Lipinski definition) is 0. The van der Waals surface area contributed by atoms with E-state index in [4.69, 9.17) is 4.74 Å². The van der Waals surface area contributed by atoms with Gasteiger partial charge in [-0.15, -0.1) is 0 Å². The van der Waals surface area contributed by atoms with Crippen molar-refractivity contribution in [2.45, 2.75) is 25.6 Å². The topological polar surface area (TPSA) is 46.6 Å². The number of fused-ring (bicyclic) bond motifs is 1. The van der Waals surface area contributed by atoms with Gasteiger partial charge in [-0.1, -0.05) is 24.3 Å². The van der Waals surface area contributed by atoms with Gasteiger partial charge < -0.3 is 4.74 Å². The fourth-order valence-electron chi connectivity index (χ4n) is 2.51. The summed E-state index contributed by atoms with van der Waals surface area (Å²) >= 11 is 0. The van der Waals surface area contributed by atoms with Crippen LogP contribution in [0.15, 0.2) is 36.4 Å². The van der Waals surface area contributed by atoms with E-state index in [1.165, 1.54) is 4.90 Å². The Hall–Kier alpha value is -1.94. The van der Waals surface area contributed by atoms with Crippen LogP contribution in [0.5, 0.6) is 0 Å². The van der Waals surface area contributed by atoms with Crippen LogP contribution in [0, 0.1) is 0 Å². The number of carbonyl (C=O) groups excluding carboxylic acids is 2. The van der Waals surface area contributed by atoms with Gasteiger partial charge in [-0.05, 0) is 25.5 Å². The molecule has 0 saturated heterocycles. The quantitative estimate of drug-likeness (QED) is 0.601. The molecule has 2 aliphatic rings. The Morgan fingerprint density at radius 3 is 2.42 bits per heavy atom. The van der Waals surface area contributed by atoms with Gasteiger partial charge in [-0.2, -0.15) is 0 Å². The van der Waals surface area contributed by atoms with E-state index in [-0.39, 0.29) is 30.6 Å². The molecular formula is C15H15NO3. The molecule has 0 aromatic heterocycles. The number of benzene rings is 1. The van der Waals surface area contributed by atoms with E-state index in [1.54, 1.807) is 24.3 Å². The lowest BCUT2D eigenvalue weighted by atomic mass is 10.1. The first-order valence-electron chi connectivity index (χ1n) is 6.44. The number of imide groups is 1. The summed E-state index contributed by atoms with van der Waals surface area (Å²) in [7, 11) is 0. The maximum absolute atomic E-state index is 12.2. The van der Waals surface area contributed by atoms with Crippen LogP contribution in [0.1, 0.15) is 34.1 Å². The smallest absolute Gasteiger partial charge is 0.261 e. The van der Waals surface area contributed by atoms with Crippen LogP contribution in [-0.4, -0.2) is 35.5 Å². The predicted octanol–water partition coefficient (Wildman–Crippen LogP) is 2.02. The van der Waals surface area contributed by atoms with Crippen molar-refractivity contribution in [2.75, 3.05) is 6.54 Å². The molecule has 3 rings (SSSR count). The van der Waals surface area contributed by atoms with Crippen molar-refractivity contribution in [1.29, 1.82) is 0 Å². The van der Waals surface area contributed by atoms with Gasteiger partial charge in [0, 0.05) is 0 Å². The molecule has 0 unspecified atom stereocenters. The first-order chi connectivity index (χ1) is 9.16. The van der Waals surface area contributed by atoms with Crippen LogP contribution in [-0.2, 0) is 4.74 Å². The minimum absolute atomic E-state index is 0.130. The molecule has 1 aromatic carbocycles. The lowest BCUT2D eigenvalue weighted by molar-refractivity contribution is 0.00232. The Morgan fingerprint density at radius 2 is 1.84 bits per heavy atom. The van der Waals surface area contributed by atoms with Crippen LogP contribution in [0.2, 0.25) is 0 Å². The standard InChI is InChI=1S/C15H15NO3/c1-10-5-4-6-11(19-10)9-16-14(17)12-7-2-3-8-13(12)15(16)18/h2-4,6-8,10-11H,5,9H2,1H3/t10-,11-/m1/s1. The Morgan fingerprint density at radius 1 is 1.21 bits per heavy atom. The third-order valence-electron chi connectivity index (χ3n) is 3.47. The molecule has 0 saturated carbocycles. The van der Waals surface area contributed by atoms with Crippen molar-refractivity contribution >= 4 is 11.8 Å². The maximum Gasteiger partial charge on any atom is 0.261 e. The highest BCUT2D eigenvalue weighted by Gasteiger charge is 2.36. The largest absolute Gasteiger partial charge is 0.369 e. The average Bonchev–Trinajstić information content (AvgIpc) is 2.65. The van der Waals surface area contributed by atoms with Crippen LogP contribution in [0.25, 0.3) is 0 Å². The third kappa shape index (κ3) is 2.08. The summed E-state index contributed by atoms with van der Waals surface area (Å²) in [5, 5.41) is 0. The number of carbonyl (C=O) groups is 2. The zero-order valence-electron chi connectivity index (χ0n) is 10.7. The fourth-order valence-corrected chi connectivity index (χ4v) is 2.51. The Bertz CT molecular complexity index is 529. The summed E-state index contributed by atoms with van der Waals surface area (Å²) in [6, 6.07) is 6.92. The van der Waals surface area contributed by atoms with Gasteiger partial charge in [0.25, 0.3) is 11.8 Å². The molecule has 0 spiro atoms. The van der Waals surface area contributed by atoms with Gasteiger partial charge in [0.05, 0.1) is 29.9 Å². The van der Waals surface area contributed by atoms with Crippen molar-refractivity contribution in [3.63, 3.8) is 0 Å². The first kappa shape index (κ1) is 12.1. The van der Waals surface area contributed by atoms with Gasteiger partial charge in [-0.25, -0.2) is 0 Å². The Kier molecular flexibility index (Phi) is 2.95. The summed E-state index contributed by atoms with van der Waals surface area (Å²) in [5.74, 6) is -0.452. The van der Waals surface area contributed by atoms with Crippen LogP contribution < -0.4 is 0 Å². The number of amides is 2. The zero-order chi connectivity index (χ0) is 13.4. The molecule has 2 heterocycles. The molecule has 0 fully saturated rings. The molecule has 1 aromatic rings. The lowest BCUT2D eigenvalue weighted by Gasteiger charge is -2.26. The van der Waals surface area contributed by atoms with Gasteiger partial charge in [-0.3, -0.25) is 14.5 Å². The number of nitrogens with zero attached hydrogens (tertiary/aromatic N) is 1. The molecule has 0 N–H and O–H groups in total. The second-order valence-electron chi connectivity index (χ2n) is 4.92. The van der Waals surface area contributed by atoms with Crippen LogP contribution in [0.3, 0.4) is 0 Å². The molecule has 2 aliphatic heterocycles. The van der Waals surface area contributed by atoms with E-state index in [2.05, 4.69) is 0 Å². The summed E-state index contributed by atoms with van der Waals surface area (Å²) < 4.78 is 5.71. The van der Waals surface area contributed by atoms with E-state index >= 15 is 0 Å². The number of ether oxygens (including phenoxy) is 1. The highest BCUT2D eigenvalue weighted by Crippen LogP contribution is 2.24. The molecule has 2 atom stereocenters. The van der Waals surface area contributed by atoms with Crippen molar-refractivity contribution in [2.24, 2.45) is 0 Å². The van der Waals surface area contributed by atoms with E-state index in [9.17, 15) is 9.59 Å². The molecule has 0 radical (unpaired) electrons. The molecule has 19 heavy (non-hydrogen) atoms. The monoisotopic (exact) mass is 257 g/mol. The van der Waals surface area contributed by atoms with E-state index in [0.717, 1.165) is 6.42 Å². The summed E-state index contributed by atoms with van der Waals surface area (Å²) in [4.78, 5) is 25.7. The van der Waals surface area contributed by atoms with Crippen molar-refractivity contribution in [3.05, 3.63) is 47.5 Å².